The van der Waals surface area contributed by atoms with Gasteiger partial charge in [0.25, 0.3) is 11.5 Å². The van der Waals surface area contributed by atoms with Crippen LogP contribution in [0.5, 0.6) is 0 Å². The summed E-state index contributed by atoms with van der Waals surface area (Å²) < 4.78 is 0. The Morgan fingerprint density at radius 1 is 1.50 bits per heavy atom. The molecule has 0 fully saturated rings. The van der Waals surface area contributed by atoms with E-state index in [4.69, 9.17) is 17.3 Å². The lowest BCUT2D eigenvalue weighted by molar-refractivity contribution is 0.0996. The third-order valence-corrected chi connectivity index (χ3v) is 1.91. The molecule has 6 nitrogen and oxygen atoms in total. The van der Waals surface area contributed by atoms with Crippen LogP contribution in [0, 0.1) is 0 Å². The van der Waals surface area contributed by atoms with Crippen LogP contribution in [0.25, 0.3) is 11.0 Å². The molecule has 72 valence electrons. The summed E-state index contributed by atoms with van der Waals surface area (Å²) in [4.78, 5) is 30.7. The fourth-order valence-electron chi connectivity index (χ4n) is 1.12. The summed E-state index contributed by atoms with van der Waals surface area (Å²) in [7, 11) is 0. The van der Waals surface area contributed by atoms with Gasteiger partial charge in [0.1, 0.15) is 11.3 Å². The second kappa shape index (κ2) is 2.85. The molecular weight excluding hydrogens is 208 g/mol. The summed E-state index contributed by atoms with van der Waals surface area (Å²) in [6.07, 6.45) is 0. The molecule has 0 aliphatic heterocycles. The number of carbonyl (C=O) groups is 1. The summed E-state index contributed by atoms with van der Waals surface area (Å²) in [6, 6.07) is 1.33. The number of H-pyrrole nitrogens is 2. The van der Waals surface area contributed by atoms with Gasteiger partial charge in [0.15, 0.2) is 0 Å². The molecule has 0 saturated heterocycles. The van der Waals surface area contributed by atoms with E-state index in [2.05, 4.69) is 15.0 Å². The molecule has 1 amide bonds. The topological polar surface area (TPSA) is 105 Å². The van der Waals surface area contributed by atoms with Gasteiger partial charge in [-0.1, -0.05) is 0 Å². The highest BCUT2D eigenvalue weighted by molar-refractivity contribution is 6.28. The summed E-state index contributed by atoms with van der Waals surface area (Å²) in [5.74, 6) is -0.654. The van der Waals surface area contributed by atoms with Crippen LogP contribution >= 0.6 is 11.6 Å². The highest BCUT2D eigenvalue weighted by Gasteiger charge is 2.09. The summed E-state index contributed by atoms with van der Waals surface area (Å²) >= 11 is 5.51. The molecule has 2 rings (SSSR count). The molecule has 2 aromatic heterocycles. The van der Waals surface area contributed by atoms with Crippen LogP contribution in [0.3, 0.4) is 0 Å². The van der Waals surface area contributed by atoms with Crippen molar-refractivity contribution in [2.24, 2.45) is 5.73 Å². The number of hydrogen-bond donors (Lipinski definition) is 3. The van der Waals surface area contributed by atoms with Crippen LogP contribution in [-0.2, 0) is 0 Å². The average molecular weight is 213 g/mol. The van der Waals surface area contributed by atoms with Gasteiger partial charge in [0.2, 0.25) is 5.28 Å². The lowest BCUT2D eigenvalue weighted by Gasteiger charge is -1.88. The highest BCUT2D eigenvalue weighted by Crippen LogP contribution is 2.09. The van der Waals surface area contributed by atoms with E-state index >= 15 is 0 Å². The van der Waals surface area contributed by atoms with Crippen molar-refractivity contribution < 1.29 is 4.79 Å². The van der Waals surface area contributed by atoms with Crippen molar-refractivity contribution in [2.45, 2.75) is 0 Å². The number of primary amides is 1. The second-order valence-corrected chi connectivity index (χ2v) is 3.02. The minimum Gasteiger partial charge on any atom is -0.364 e. The highest BCUT2D eigenvalue weighted by atomic mass is 35.5. The molecule has 0 aromatic carbocycles. The third-order valence-electron chi connectivity index (χ3n) is 1.73. The van der Waals surface area contributed by atoms with Crippen molar-refractivity contribution in [1.29, 1.82) is 0 Å². The van der Waals surface area contributed by atoms with Crippen molar-refractivity contribution >= 4 is 28.5 Å². The van der Waals surface area contributed by atoms with Gasteiger partial charge >= 0.3 is 0 Å². The molecule has 0 radical (unpaired) electrons. The van der Waals surface area contributed by atoms with Crippen LogP contribution in [0.1, 0.15) is 10.5 Å². The summed E-state index contributed by atoms with van der Waals surface area (Å²) in [5.41, 5.74) is 4.98. The first kappa shape index (κ1) is 8.76. The maximum absolute atomic E-state index is 11.3. The number of aromatic nitrogens is 3. The van der Waals surface area contributed by atoms with Gasteiger partial charge in [-0.05, 0) is 17.7 Å². The summed E-state index contributed by atoms with van der Waals surface area (Å²) in [6.45, 7) is 0. The average Bonchev–Trinajstić information content (AvgIpc) is 2.47. The number of nitrogens with one attached hydrogen (secondary N) is 2. The van der Waals surface area contributed by atoms with Gasteiger partial charge in [-0.15, -0.1) is 0 Å². The maximum Gasteiger partial charge on any atom is 0.265 e. The molecule has 0 saturated carbocycles. The van der Waals surface area contributed by atoms with E-state index in [1.165, 1.54) is 6.07 Å². The summed E-state index contributed by atoms with van der Waals surface area (Å²) in [5, 5.41) is 0.212. The third kappa shape index (κ3) is 1.25. The quantitative estimate of drug-likeness (QED) is 0.580. The zero-order chi connectivity index (χ0) is 10.3. The Bertz CT molecular complexity index is 571. The Labute approximate surface area is 82.1 Å². The predicted molar refractivity (Wildman–Crippen MR) is 50.2 cm³/mol. The minimum atomic E-state index is -0.654. The van der Waals surface area contributed by atoms with Gasteiger partial charge < -0.3 is 10.7 Å². The van der Waals surface area contributed by atoms with Gasteiger partial charge in [-0.25, -0.2) is 4.98 Å². The first-order valence-corrected chi connectivity index (χ1v) is 4.04. The molecule has 0 spiro atoms. The van der Waals surface area contributed by atoms with Crippen LogP contribution in [0.4, 0.5) is 0 Å². The SMILES string of the molecule is NC(=O)c1cc2c(=O)[nH]c(Cl)nc2[nH]1. The molecule has 2 aromatic rings. The van der Waals surface area contributed by atoms with E-state index in [-0.39, 0.29) is 22.0 Å². The Morgan fingerprint density at radius 2 is 2.21 bits per heavy atom. The van der Waals surface area contributed by atoms with Crippen molar-refractivity contribution in [3.8, 4) is 0 Å². The number of halogens is 1. The second-order valence-electron chi connectivity index (χ2n) is 2.67. The normalized spacial score (nSPS) is 10.6. The molecule has 4 N–H and O–H groups in total. The largest absolute Gasteiger partial charge is 0.364 e. The Balaban J connectivity index is 2.83. The smallest absolute Gasteiger partial charge is 0.265 e. The number of fused-ring (bicyclic) bond motifs is 1. The molecule has 7 heteroatoms. The Hall–Kier alpha value is -1.82. The van der Waals surface area contributed by atoms with Crippen LogP contribution < -0.4 is 11.3 Å². The number of nitrogens with two attached hydrogens (primary N) is 1. The molecule has 0 aliphatic carbocycles. The number of aromatic amines is 2. The Kier molecular flexibility index (Phi) is 1.78. The predicted octanol–water partition coefficient (Wildman–Crippen LogP) is 0.00350. The molecular formula is C7H5ClN4O2. The molecule has 2 heterocycles. The van der Waals surface area contributed by atoms with Gasteiger partial charge in [-0.2, -0.15) is 0 Å². The van der Waals surface area contributed by atoms with Crippen molar-refractivity contribution in [1.82, 2.24) is 15.0 Å². The van der Waals surface area contributed by atoms with Crippen molar-refractivity contribution in [3.63, 3.8) is 0 Å². The molecule has 0 unspecified atom stereocenters. The first-order valence-electron chi connectivity index (χ1n) is 3.66. The Morgan fingerprint density at radius 3 is 2.86 bits per heavy atom. The zero-order valence-electron chi connectivity index (χ0n) is 6.80. The van der Waals surface area contributed by atoms with Crippen molar-refractivity contribution in [2.75, 3.05) is 0 Å². The van der Waals surface area contributed by atoms with Crippen LogP contribution in [0.15, 0.2) is 10.9 Å². The van der Waals surface area contributed by atoms with Crippen molar-refractivity contribution in [3.05, 3.63) is 27.4 Å². The number of hydrogen-bond acceptors (Lipinski definition) is 3. The number of amides is 1. The number of nitrogens with zero attached hydrogens (tertiary/aromatic N) is 1. The standard InChI is InChI=1S/C7H5ClN4O2/c8-7-11-5-2(6(14)12-7)1-3(10-5)4(9)13/h1H,(H2,9,13)(H2,10,11,12,14). The molecule has 0 atom stereocenters. The van der Waals surface area contributed by atoms with E-state index < -0.39 is 11.5 Å². The number of carbonyl (C=O) groups excluding carboxylic acids is 1. The fourth-order valence-corrected chi connectivity index (χ4v) is 1.30. The lowest BCUT2D eigenvalue weighted by atomic mass is 10.3. The van der Waals surface area contributed by atoms with Crippen LogP contribution in [-0.4, -0.2) is 20.9 Å². The van der Waals surface area contributed by atoms with E-state index in [1.807, 2.05) is 0 Å². The maximum atomic E-state index is 11.3. The molecule has 14 heavy (non-hydrogen) atoms. The van der Waals surface area contributed by atoms with Gasteiger partial charge in [0, 0.05) is 0 Å². The number of rotatable bonds is 1. The van der Waals surface area contributed by atoms with E-state index in [9.17, 15) is 9.59 Å². The van der Waals surface area contributed by atoms with Crippen LogP contribution in [0.2, 0.25) is 5.28 Å². The molecule has 0 aliphatic rings. The first-order chi connectivity index (χ1) is 6.58. The van der Waals surface area contributed by atoms with Gasteiger partial charge in [0.05, 0.1) is 5.39 Å². The molecule has 0 bridgehead atoms. The van der Waals surface area contributed by atoms with E-state index in [0.29, 0.717) is 0 Å². The van der Waals surface area contributed by atoms with Gasteiger partial charge in [-0.3, -0.25) is 14.6 Å². The lowest BCUT2D eigenvalue weighted by Crippen LogP contribution is -2.10. The fraction of sp³-hybridized carbons (Fsp3) is 0. The zero-order valence-corrected chi connectivity index (χ0v) is 7.55. The van der Waals surface area contributed by atoms with E-state index in [0.717, 1.165) is 0 Å². The van der Waals surface area contributed by atoms with E-state index in [1.54, 1.807) is 0 Å². The monoisotopic (exact) mass is 212 g/mol. The minimum absolute atomic E-state index is 0.0413.